The van der Waals surface area contributed by atoms with Gasteiger partial charge >= 0.3 is 0 Å². The summed E-state index contributed by atoms with van der Waals surface area (Å²) < 4.78 is 7.03. The lowest BCUT2D eigenvalue weighted by atomic mass is 10.5. The molecule has 4 nitrogen and oxygen atoms in total. The Bertz CT molecular complexity index is 412. The number of hydrogen-bond acceptors (Lipinski definition) is 4. The van der Waals surface area contributed by atoms with E-state index in [0.717, 1.165) is 10.2 Å². The van der Waals surface area contributed by atoms with Crippen molar-refractivity contribution >= 4 is 39.1 Å². The van der Waals surface area contributed by atoms with E-state index in [2.05, 4.69) is 30.6 Å². The fourth-order valence-corrected chi connectivity index (χ4v) is 1.81. The van der Waals surface area contributed by atoms with Crippen LogP contribution in [-0.2, 0) is 6.54 Å². The third-order valence-electron chi connectivity index (χ3n) is 1.42. The van der Waals surface area contributed by atoms with E-state index in [-0.39, 0.29) is 0 Å². The maximum absolute atomic E-state index is 5.84. The zero-order chi connectivity index (χ0) is 9.26. The number of halogens is 2. The van der Waals surface area contributed by atoms with Gasteiger partial charge in [0.1, 0.15) is 10.0 Å². The van der Waals surface area contributed by atoms with Crippen molar-refractivity contribution in [2.24, 2.45) is 0 Å². The number of rotatable bonds is 2. The molecule has 0 atom stereocenters. The summed E-state index contributed by atoms with van der Waals surface area (Å²) in [6.45, 7) is 0.556. The Morgan fingerprint density at radius 1 is 1.62 bits per heavy atom. The lowest BCUT2D eigenvalue weighted by Gasteiger charge is -1.95. The molecule has 2 aromatic heterocycles. The van der Waals surface area contributed by atoms with Crippen molar-refractivity contribution in [1.29, 1.82) is 0 Å². The fourth-order valence-electron chi connectivity index (χ4n) is 0.870. The maximum atomic E-state index is 5.84. The molecule has 0 amide bonds. The van der Waals surface area contributed by atoms with Crippen LogP contribution in [0.15, 0.2) is 16.9 Å². The molecule has 0 aliphatic heterocycles. The molecule has 13 heavy (non-hydrogen) atoms. The van der Waals surface area contributed by atoms with Gasteiger partial charge < -0.3 is 0 Å². The third-order valence-corrected chi connectivity index (χ3v) is 2.82. The number of hydrogen-bond donors (Lipinski definition) is 0. The SMILES string of the molecule is Clc1snnc1Cn1cc(Br)cn1. The summed E-state index contributed by atoms with van der Waals surface area (Å²) >= 11 is 10.3. The minimum atomic E-state index is 0.556. The van der Waals surface area contributed by atoms with Crippen LogP contribution in [0.5, 0.6) is 0 Å². The highest BCUT2D eigenvalue weighted by molar-refractivity contribution is 9.10. The van der Waals surface area contributed by atoms with Gasteiger partial charge in [0.2, 0.25) is 0 Å². The van der Waals surface area contributed by atoms with Crippen LogP contribution in [0.3, 0.4) is 0 Å². The van der Waals surface area contributed by atoms with Crippen LogP contribution in [0.4, 0.5) is 0 Å². The van der Waals surface area contributed by atoms with Gasteiger partial charge in [-0.15, -0.1) is 5.10 Å². The molecule has 0 saturated carbocycles. The normalized spacial score (nSPS) is 10.6. The monoisotopic (exact) mass is 278 g/mol. The Kier molecular flexibility index (Phi) is 2.61. The first-order chi connectivity index (χ1) is 6.25. The molecule has 0 bridgehead atoms. The van der Waals surface area contributed by atoms with Crippen molar-refractivity contribution < 1.29 is 0 Å². The second-order valence-electron chi connectivity index (χ2n) is 2.35. The quantitative estimate of drug-likeness (QED) is 0.846. The molecule has 0 radical (unpaired) electrons. The fraction of sp³-hybridized carbons (Fsp3) is 0.167. The summed E-state index contributed by atoms with van der Waals surface area (Å²) in [5.74, 6) is 0. The largest absolute Gasteiger partial charge is 0.265 e. The van der Waals surface area contributed by atoms with Crippen molar-refractivity contribution in [3.63, 3.8) is 0 Å². The van der Waals surface area contributed by atoms with Crippen LogP contribution in [0.25, 0.3) is 0 Å². The van der Waals surface area contributed by atoms with E-state index in [9.17, 15) is 0 Å². The Morgan fingerprint density at radius 3 is 3.00 bits per heavy atom. The molecule has 0 fully saturated rings. The first kappa shape index (κ1) is 9.11. The van der Waals surface area contributed by atoms with E-state index in [1.54, 1.807) is 10.9 Å². The second kappa shape index (κ2) is 3.73. The molecule has 0 aliphatic rings. The molecule has 0 N–H and O–H groups in total. The van der Waals surface area contributed by atoms with Gasteiger partial charge in [0.15, 0.2) is 0 Å². The average molecular weight is 280 g/mol. The Morgan fingerprint density at radius 2 is 2.46 bits per heavy atom. The molecule has 2 rings (SSSR count). The van der Waals surface area contributed by atoms with Crippen molar-refractivity contribution in [1.82, 2.24) is 19.4 Å². The number of aromatic nitrogens is 4. The van der Waals surface area contributed by atoms with Crippen molar-refractivity contribution in [2.45, 2.75) is 6.54 Å². The van der Waals surface area contributed by atoms with Crippen molar-refractivity contribution in [2.75, 3.05) is 0 Å². The van der Waals surface area contributed by atoms with Crippen molar-refractivity contribution in [3.8, 4) is 0 Å². The van der Waals surface area contributed by atoms with E-state index in [4.69, 9.17) is 11.6 Å². The number of nitrogens with zero attached hydrogens (tertiary/aromatic N) is 4. The summed E-state index contributed by atoms with van der Waals surface area (Å²) in [6, 6.07) is 0. The first-order valence-corrected chi connectivity index (χ1v) is 5.35. The topological polar surface area (TPSA) is 43.6 Å². The predicted octanol–water partition coefficient (Wildman–Crippen LogP) is 2.20. The van der Waals surface area contributed by atoms with Gasteiger partial charge in [-0.1, -0.05) is 16.1 Å². The summed E-state index contributed by atoms with van der Waals surface area (Å²) in [5.41, 5.74) is 0.752. The first-order valence-electron chi connectivity index (χ1n) is 3.40. The minimum Gasteiger partial charge on any atom is -0.265 e. The standard InChI is InChI=1S/C6H4BrClN4S/c7-4-1-9-12(2-4)3-5-6(8)13-11-10-5/h1-2H,3H2. The van der Waals surface area contributed by atoms with Crippen LogP contribution < -0.4 is 0 Å². The lowest BCUT2D eigenvalue weighted by Crippen LogP contribution is -2.00. The molecule has 0 aliphatic carbocycles. The van der Waals surface area contributed by atoms with Crippen LogP contribution >= 0.6 is 39.1 Å². The molecule has 68 valence electrons. The predicted molar refractivity (Wildman–Crippen MR) is 53.9 cm³/mol. The lowest BCUT2D eigenvalue weighted by molar-refractivity contribution is 0.670. The van der Waals surface area contributed by atoms with E-state index in [1.165, 1.54) is 11.5 Å². The van der Waals surface area contributed by atoms with Crippen LogP contribution in [0, 0.1) is 0 Å². The average Bonchev–Trinajstić information content (AvgIpc) is 2.64. The van der Waals surface area contributed by atoms with Gasteiger partial charge in [-0.2, -0.15) is 5.10 Å². The summed E-state index contributed by atoms with van der Waals surface area (Å²) in [6.07, 6.45) is 3.57. The zero-order valence-electron chi connectivity index (χ0n) is 6.31. The van der Waals surface area contributed by atoms with Gasteiger partial charge in [0.05, 0.1) is 17.2 Å². The van der Waals surface area contributed by atoms with Gasteiger partial charge in [-0.05, 0) is 15.9 Å². The Labute approximate surface area is 91.8 Å². The smallest absolute Gasteiger partial charge is 0.139 e. The van der Waals surface area contributed by atoms with Gasteiger partial charge in [0.25, 0.3) is 0 Å². The molecule has 7 heteroatoms. The van der Waals surface area contributed by atoms with Crippen molar-refractivity contribution in [3.05, 3.63) is 26.9 Å². The highest BCUT2D eigenvalue weighted by Gasteiger charge is 2.06. The highest BCUT2D eigenvalue weighted by Crippen LogP contribution is 2.18. The van der Waals surface area contributed by atoms with Gasteiger partial charge in [0, 0.05) is 17.7 Å². The van der Waals surface area contributed by atoms with Crippen LogP contribution in [0.2, 0.25) is 4.34 Å². The summed E-state index contributed by atoms with van der Waals surface area (Å²) in [7, 11) is 0. The highest BCUT2D eigenvalue weighted by atomic mass is 79.9. The van der Waals surface area contributed by atoms with Gasteiger partial charge in [-0.3, -0.25) is 4.68 Å². The summed E-state index contributed by atoms with van der Waals surface area (Å²) in [5, 5.41) is 7.96. The van der Waals surface area contributed by atoms with Gasteiger partial charge in [-0.25, -0.2) is 0 Å². The third kappa shape index (κ3) is 2.07. The van der Waals surface area contributed by atoms with E-state index >= 15 is 0 Å². The van der Waals surface area contributed by atoms with E-state index in [1.807, 2.05) is 6.20 Å². The van der Waals surface area contributed by atoms with E-state index in [0.29, 0.717) is 10.9 Å². The Balaban J connectivity index is 2.19. The molecular formula is C6H4BrClN4S. The molecule has 0 unspecified atom stereocenters. The molecule has 2 aromatic rings. The molecule has 0 saturated heterocycles. The molecular weight excluding hydrogens is 276 g/mol. The summed E-state index contributed by atoms with van der Waals surface area (Å²) in [4.78, 5) is 0. The molecule has 2 heterocycles. The zero-order valence-corrected chi connectivity index (χ0v) is 9.47. The van der Waals surface area contributed by atoms with Crippen LogP contribution in [0.1, 0.15) is 5.69 Å². The maximum Gasteiger partial charge on any atom is 0.139 e. The minimum absolute atomic E-state index is 0.556. The molecule has 0 aromatic carbocycles. The Hall–Kier alpha value is -0.460. The van der Waals surface area contributed by atoms with Crippen LogP contribution in [-0.4, -0.2) is 19.4 Å². The van der Waals surface area contributed by atoms with E-state index < -0.39 is 0 Å². The molecule has 0 spiro atoms. The second-order valence-corrected chi connectivity index (χ2v) is 4.62.